The van der Waals surface area contributed by atoms with Gasteiger partial charge in [-0.15, -0.1) is 0 Å². The van der Waals surface area contributed by atoms with Gasteiger partial charge in [0.05, 0.1) is 0 Å². The second-order valence-corrected chi connectivity index (χ2v) is 23.8. The standard InChI is InChI=1S/C73H134O6/c1-4-7-10-13-16-19-22-25-27-29-31-32-33-34-35-36-37-38-39-40-42-43-45-48-51-54-57-60-63-66-72(75)78-69-70(68-77-71(74)65-62-59-56-53-50-47-24-21-18-15-12-9-6-3)79-73(76)67-64-61-58-55-52-49-46-44-41-30-28-26-23-20-17-14-11-8-5-2/h8,11,17,20,26,28,41,44,70H,4-7,9-10,12-16,18-19,21-25,27,29-40,42-43,45-69H2,1-3H3/b11-8-,20-17-,28-26-,44-41-. The highest BCUT2D eigenvalue weighted by Gasteiger charge is 2.19. The second kappa shape index (κ2) is 67.9. The Morgan fingerprint density at radius 2 is 0.494 bits per heavy atom. The molecule has 0 bridgehead atoms. The van der Waals surface area contributed by atoms with E-state index in [0.29, 0.717) is 19.3 Å². The molecule has 0 saturated heterocycles. The SMILES string of the molecule is CC/C=C\C/C=C\C/C=C\C/C=C\CCCCCCCCC(=O)OC(COC(=O)CCCCCCCCCCCCCCC)COC(=O)CCCCCCCCCCCCCCCCCCCCCCCCCCCCCCC. The van der Waals surface area contributed by atoms with E-state index >= 15 is 0 Å². The van der Waals surface area contributed by atoms with Crippen LogP contribution in [-0.2, 0) is 28.6 Å². The van der Waals surface area contributed by atoms with Crippen molar-refractivity contribution < 1.29 is 28.6 Å². The van der Waals surface area contributed by atoms with Crippen molar-refractivity contribution in [3.8, 4) is 0 Å². The minimum Gasteiger partial charge on any atom is -0.462 e. The van der Waals surface area contributed by atoms with E-state index in [-0.39, 0.29) is 31.1 Å². The molecule has 0 heterocycles. The summed E-state index contributed by atoms with van der Waals surface area (Å²) in [5.74, 6) is -0.862. The van der Waals surface area contributed by atoms with E-state index in [2.05, 4.69) is 69.4 Å². The molecule has 0 aliphatic carbocycles. The summed E-state index contributed by atoms with van der Waals surface area (Å²) in [6, 6.07) is 0. The van der Waals surface area contributed by atoms with Crippen LogP contribution in [0.25, 0.3) is 0 Å². The fraction of sp³-hybridized carbons (Fsp3) is 0.849. The summed E-state index contributed by atoms with van der Waals surface area (Å²) in [7, 11) is 0. The summed E-state index contributed by atoms with van der Waals surface area (Å²) in [5.41, 5.74) is 0. The molecule has 0 aromatic carbocycles. The van der Waals surface area contributed by atoms with Crippen molar-refractivity contribution in [1.29, 1.82) is 0 Å². The number of unbranched alkanes of at least 4 members (excludes halogenated alkanes) is 46. The highest BCUT2D eigenvalue weighted by molar-refractivity contribution is 5.71. The number of rotatable bonds is 65. The molecule has 0 radical (unpaired) electrons. The first-order valence-electron chi connectivity index (χ1n) is 35.1. The third kappa shape index (κ3) is 66.1. The van der Waals surface area contributed by atoms with Crippen LogP contribution in [0.1, 0.15) is 380 Å². The second-order valence-electron chi connectivity index (χ2n) is 23.8. The van der Waals surface area contributed by atoms with E-state index in [1.54, 1.807) is 0 Å². The Bertz CT molecular complexity index is 1360. The Hall–Kier alpha value is -2.63. The van der Waals surface area contributed by atoms with E-state index in [4.69, 9.17) is 14.2 Å². The van der Waals surface area contributed by atoms with Crippen LogP contribution in [0.3, 0.4) is 0 Å². The minimum atomic E-state index is -0.779. The van der Waals surface area contributed by atoms with Crippen molar-refractivity contribution in [2.45, 2.75) is 386 Å². The fourth-order valence-corrected chi connectivity index (χ4v) is 10.6. The van der Waals surface area contributed by atoms with Crippen molar-refractivity contribution in [3.63, 3.8) is 0 Å². The smallest absolute Gasteiger partial charge is 0.306 e. The van der Waals surface area contributed by atoms with Crippen LogP contribution in [0.4, 0.5) is 0 Å². The number of hydrogen-bond donors (Lipinski definition) is 0. The topological polar surface area (TPSA) is 78.9 Å². The van der Waals surface area contributed by atoms with Gasteiger partial charge in [0.15, 0.2) is 6.10 Å². The van der Waals surface area contributed by atoms with Gasteiger partial charge in [-0.3, -0.25) is 14.4 Å². The van der Waals surface area contributed by atoms with Gasteiger partial charge in [-0.05, 0) is 57.8 Å². The number of allylic oxidation sites excluding steroid dienone is 8. The molecule has 0 aromatic heterocycles. The van der Waals surface area contributed by atoms with Gasteiger partial charge in [-0.2, -0.15) is 0 Å². The largest absolute Gasteiger partial charge is 0.462 e. The predicted molar refractivity (Wildman–Crippen MR) is 344 cm³/mol. The summed E-state index contributed by atoms with van der Waals surface area (Å²) in [6.07, 6.45) is 85.8. The molecule has 0 fully saturated rings. The number of hydrogen-bond acceptors (Lipinski definition) is 6. The lowest BCUT2D eigenvalue weighted by molar-refractivity contribution is -0.167. The van der Waals surface area contributed by atoms with Gasteiger partial charge in [-0.1, -0.05) is 352 Å². The molecule has 6 nitrogen and oxygen atoms in total. The molecule has 6 heteroatoms. The minimum absolute atomic E-state index is 0.0740. The van der Waals surface area contributed by atoms with Crippen molar-refractivity contribution in [2.75, 3.05) is 13.2 Å². The Kier molecular flexibility index (Phi) is 65.6. The Morgan fingerprint density at radius 1 is 0.266 bits per heavy atom. The van der Waals surface area contributed by atoms with Gasteiger partial charge in [0, 0.05) is 19.3 Å². The molecule has 0 rings (SSSR count). The third-order valence-corrected chi connectivity index (χ3v) is 15.8. The first-order valence-corrected chi connectivity index (χ1v) is 35.1. The van der Waals surface area contributed by atoms with E-state index in [9.17, 15) is 14.4 Å². The Morgan fingerprint density at radius 3 is 0.772 bits per heavy atom. The molecule has 79 heavy (non-hydrogen) atoms. The van der Waals surface area contributed by atoms with Crippen LogP contribution in [0.5, 0.6) is 0 Å². The van der Waals surface area contributed by atoms with Crippen molar-refractivity contribution >= 4 is 17.9 Å². The molecular formula is C73H134O6. The van der Waals surface area contributed by atoms with Crippen LogP contribution in [0, 0.1) is 0 Å². The zero-order chi connectivity index (χ0) is 57.1. The molecule has 0 spiro atoms. The maximum Gasteiger partial charge on any atom is 0.306 e. The predicted octanol–water partition coefficient (Wildman–Crippen LogP) is 24.1. The average Bonchev–Trinajstić information content (AvgIpc) is 3.45. The Labute approximate surface area is 492 Å². The quantitative estimate of drug-likeness (QED) is 0.0261. The molecule has 0 amide bonds. The van der Waals surface area contributed by atoms with Crippen LogP contribution >= 0.6 is 0 Å². The fourth-order valence-electron chi connectivity index (χ4n) is 10.6. The zero-order valence-electron chi connectivity index (χ0n) is 53.2. The van der Waals surface area contributed by atoms with Gasteiger partial charge in [0.25, 0.3) is 0 Å². The first-order chi connectivity index (χ1) is 39.0. The first kappa shape index (κ1) is 76.4. The van der Waals surface area contributed by atoms with Crippen molar-refractivity contribution in [1.82, 2.24) is 0 Å². The number of ether oxygens (including phenoxy) is 3. The molecule has 462 valence electrons. The maximum absolute atomic E-state index is 12.9. The molecule has 0 aromatic rings. The molecular weight excluding hydrogens is 973 g/mol. The van der Waals surface area contributed by atoms with Crippen LogP contribution in [0.2, 0.25) is 0 Å². The lowest BCUT2D eigenvalue weighted by Crippen LogP contribution is -2.30. The van der Waals surface area contributed by atoms with Crippen molar-refractivity contribution in [2.24, 2.45) is 0 Å². The van der Waals surface area contributed by atoms with Gasteiger partial charge in [-0.25, -0.2) is 0 Å². The maximum atomic E-state index is 12.9. The van der Waals surface area contributed by atoms with Gasteiger partial charge in [0.1, 0.15) is 13.2 Å². The van der Waals surface area contributed by atoms with Crippen LogP contribution in [-0.4, -0.2) is 37.2 Å². The molecule has 0 N–H and O–H groups in total. The van der Waals surface area contributed by atoms with E-state index in [1.807, 2.05) is 0 Å². The van der Waals surface area contributed by atoms with E-state index in [0.717, 1.165) is 96.3 Å². The summed E-state index contributed by atoms with van der Waals surface area (Å²) >= 11 is 0. The molecule has 1 atom stereocenters. The average molecular weight is 1110 g/mol. The molecule has 0 saturated carbocycles. The van der Waals surface area contributed by atoms with Crippen LogP contribution in [0.15, 0.2) is 48.6 Å². The molecule has 0 aliphatic rings. The number of esters is 3. The van der Waals surface area contributed by atoms with Crippen molar-refractivity contribution in [3.05, 3.63) is 48.6 Å². The normalized spacial score (nSPS) is 12.3. The molecule has 0 aliphatic heterocycles. The van der Waals surface area contributed by atoms with Gasteiger partial charge < -0.3 is 14.2 Å². The van der Waals surface area contributed by atoms with E-state index < -0.39 is 6.10 Å². The molecule has 1 unspecified atom stereocenters. The third-order valence-electron chi connectivity index (χ3n) is 15.8. The van der Waals surface area contributed by atoms with Gasteiger partial charge in [0.2, 0.25) is 0 Å². The summed E-state index contributed by atoms with van der Waals surface area (Å²) in [4.78, 5) is 38.4. The highest BCUT2D eigenvalue weighted by Crippen LogP contribution is 2.19. The summed E-state index contributed by atoms with van der Waals surface area (Å²) in [6.45, 7) is 6.58. The lowest BCUT2D eigenvalue weighted by atomic mass is 10.0. The summed E-state index contributed by atoms with van der Waals surface area (Å²) < 4.78 is 17.0. The monoisotopic (exact) mass is 1110 g/mol. The lowest BCUT2D eigenvalue weighted by Gasteiger charge is -2.18. The number of carbonyl (C=O) groups excluding carboxylic acids is 3. The number of carbonyl (C=O) groups is 3. The zero-order valence-corrected chi connectivity index (χ0v) is 53.2. The van der Waals surface area contributed by atoms with E-state index in [1.165, 1.54) is 244 Å². The highest BCUT2D eigenvalue weighted by atomic mass is 16.6. The van der Waals surface area contributed by atoms with Gasteiger partial charge >= 0.3 is 17.9 Å². The Balaban J connectivity index is 4.19. The summed E-state index contributed by atoms with van der Waals surface area (Å²) in [5, 5.41) is 0. The van der Waals surface area contributed by atoms with Crippen LogP contribution < -0.4 is 0 Å².